The molecule has 0 saturated carbocycles. The first-order valence-corrected chi connectivity index (χ1v) is 10.7. The third kappa shape index (κ3) is 3.29. The molecule has 1 N–H and O–H groups in total. The summed E-state index contributed by atoms with van der Waals surface area (Å²) in [6, 6.07) is 21.1. The van der Waals surface area contributed by atoms with Crippen molar-refractivity contribution >= 4 is 34.9 Å². The van der Waals surface area contributed by atoms with Gasteiger partial charge < -0.3 is 14.8 Å². The van der Waals surface area contributed by atoms with E-state index in [0.717, 1.165) is 27.4 Å². The minimum absolute atomic E-state index is 0.0198. The van der Waals surface area contributed by atoms with Crippen LogP contribution in [0.2, 0.25) is 0 Å². The SMILES string of the molecule is COc1cc([C@H]2Sc3ccccc3NC3=C2C(=O)c2ccccc23)ccc1OC(C)=O. The highest BCUT2D eigenvalue weighted by Crippen LogP contribution is 2.53. The van der Waals surface area contributed by atoms with Crippen LogP contribution in [0.25, 0.3) is 5.70 Å². The molecule has 0 fully saturated rings. The number of rotatable bonds is 3. The zero-order chi connectivity index (χ0) is 21.5. The summed E-state index contributed by atoms with van der Waals surface area (Å²) in [5.74, 6) is 0.404. The van der Waals surface area contributed by atoms with E-state index in [-0.39, 0.29) is 11.0 Å². The molecular formula is C25H19NO4S. The van der Waals surface area contributed by atoms with Crippen molar-refractivity contribution in [2.75, 3.05) is 12.4 Å². The minimum atomic E-state index is -0.417. The van der Waals surface area contributed by atoms with Crippen molar-refractivity contribution in [2.45, 2.75) is 17.1 Å². The van der Waals surface area contributed by atoms with Crippen LogP contribution in [0.1, 0.15) is 33.7 Å². The number of thioether (sulfide) groups is 1. The molecule has 5 rings (SSSR count). The normalized spacial score (nSPS) is 16.6. The molecule has 3 aromatic carbocycles. The fourth-order valence-electron chi connectivity index (χ4n) is 4.00. The smallest absolute Gasteiger partial charge is 0.308 e. The molecule has 1 atom stereocenters. The molecule has 0 bridgehead atoms. The molecule has 3 aromatic rings. The lowest BCUT2D eigenvalue weighted by Crippen LogP contribution is -2.08. The van der Waals surface area contributed by atoms with Gasteiger partial charge in [0, 0.05) is 28.5 Å². The molecule has 31 heavy (non-hydrogen) atoms. The number of ether oxygens (including phenoxy) is 2. The van der Waals surface area contributed by atoms with Gasteiger partial charge in [0.15, 0.2) is 17.3 Å². The topological polar surface area (TPSA) is 64.6 Å². The fraction of sp³-hybridized carbons (Fsp3) is 0.120. The van der Waals surface area contributed by atoms with Crippen molar-refractivity contribution in [3.05, 3.63) is 89.0 Å². The number of ketones is 1. The summed E-state index contributed by atoms with van der Waals surface area (Å²) >= 11 is 1.62. The van der Waals surface area contributed by atoms with Crippen LogP contribution >= 0.6 is 11.8 Å². The number of fused-ring (bicyclic) bond motifs is 3. The highest BCUT2D eigenvalue weighted by molar-refractivity contribution is 8.00. The van der Waals surface area contributed by atoms with Gasteiger partial charge in [0.05, 0.1) is 23.7 Å². The lowest BCUT2D eigenvalue weighted by atomic mass is 10.0. The molecule has 5 nitrogen and oxygen atoms in total. The first kappa shape index (κ1) is 19.5. The Morgan fingerprint density at radius 3 is 2.48 bits per heavy atom. The Morgan fingerprint density at radius 1 is 0.968 bits per heavy atom. The summed E-state index contributed by atoms with van der Waals surface area (Å²) in [6.07, 6.45) is 0. The molecule has 0 aromatic heterocycles. The second-order valence-corrected chi connectivity index (χ2v) is 8.43. The van der Waals surface area contributed by atoms with Gasteiger partial charge in [-0.1, -0.05) is 42.5 Å². The number of esters is 1. The first-order valence-electron chi connectivity index (χ1n) is 9.84. The Hall–Kier alpha value is -3.51. The Labute approximate surface area is 184 Å². The highest BCUT2D eigenvalue weighted by Gasteiger charge is 2.38. The molecule has 1 heterocycles. The molecule has 1 aliphatic carbocycles. The molecular weight excluding hydrogens is 410 g/mol. The molecule has 0 amide bonds. The number of benzene rings is 3. The van der Waals surface area contributed by atoms with Gasteiger partial charge in [0.2, 0.25) is 0 Å². The van der Waals surface area contributed by atoms with Crippen LogP contribution in [0.5, 0.6) is 11.5 Å². The van der Waals surface area contributed by atoms with E-state index < -0.39 is 5.97 Å². The second-order valence-electron chi connectivity index (χ2n) is 7.29. The number of hydrogen-bond donors (Lipinski definition) is 1. The molecule has 0 spiro atoms. The highest BCUT2D eigenvalue weighted by atomic mass is 32.2. The maximum Gasteiger partial charge on any atom is 0.308 e. The van der Waals surface area contributed by atoms with Crippen LogP contribution in [0.15, 0.2) is 77.2 Å². The van der Waals surface area contributed by atoms with Gasteiger partial charge in [-0.3, -0.25) is 9.59 Å². The van der Waals surface area contributed by atoms with Gasteiger partial charge in [-0.15, -0.1) is 11.8 Å². The Bertz CT molecular complexity index is 1260. The zero-order valence-electron chi connectivity index (χ0n) is 17.0. The largest absolute Gasteiger partial charge is 0.493 e. The van der Waals surface area contributed by atoms with Gasteiger partial charge >= 0.3 is 5.97 Å². The lowest BCUT2D eigenvalue weighted by Gasteiger charge is -2.19. The molecule has 0 saturated heterocycles. The van der Waals surface area contributed by atoms with E-state index in [0.29, 0.717) is 22.6 Å². The van der Waals surface area contributed by atoms with Gasteiger partial charge in [-0.25, -0.2) is 0 Å². The average molecular weight is 429 g/mol. The van der Waals surface area contributed by atoms with Crippen molar-refractivity contribution in [1.82, 2.24) is 0 Å². The molecule has 1 aliphatic heterocycles. The number of para-hydroxylation sites is 1. The van der Waals surface area contributed by atoms with E-state index in [1.54, 1.807) is 17.8 Å². The maximum absolute atomic E-state index is 13.5. The van der Waals surface area contributed by atoms with E-state index in [9.17, 15) is 9.59 Å². The van der Waals surface area contributed by atoms with Crippen LogP contribution in [0, 0.1) is 0 Å². The first-order chi connectivity index (χ1) is 15.1. The van der Waals surface area contributed by atoms with Crippen molar-refractivity contribution in [2.24, 2.45) is 0 Å². The molecule has 0 radical (unpaired) electrons. The standard InChI is InChI=1S/C25H19NO4S/c1-14(27)30-19-12-11-15(13-20(19)29-2)25-22-23(16-7-3-4-8-17(16)24(22)28)26-18-9-5-6-10-21(18)31-25/h3-13,25-26H,1-2H3/t25-/m1/s1. The van der Waals surface area contributed by atoms with Crippen LogP contribution in [-0.2, 0) is 4.79 Å². The number of Topliss-reactive ketones (excluding diaryl/α,β-unsaturated/α-hetero) is 1. The van der Waals surface area contributed by atoms with Gasteiger partial charge in [-0.05, 0) is 29.8 Å². The van der Waals surface area contributed by atoms with Crippen LogP contribution in [-0.4, -0.2) is 18.9 Å². The number of anilines is 1. The van der Waals surface area contributed by atoms with Crippen molar-refractivity contribution in [3.63, 3.8) is 0 Å². The number of hydrogen-bond acceptors (Lipinski definition) is 6. The Morgan fingerprint density at radius 2 is 1.71 bits per heavy atom. The summed E-state index contributed by atoms with van der Waals surface area (Å²) in [5, 5.41) is 3.25. The summed E-state index contributed by atoms with van der Waals surface area (Å²) < 4.78 is 10.7. The van der Waals surface area contributed by atoms with Gasteiger partial charge in [-0.2, -0.15) is 0 Å². The third-order valence-corrected chi connectivity index (χ3v) is 6.71. The summed E-state index contributed by atoms with van der Waals surface area (Å²) in [7, 11) is 1.53. The van der Waals surface area contributed by atoms with Crippen molar-refractivity contribution < 1.29 is 19.1 Å². The van der Waals surface area contributed by atoms with Gasteiger partial charge in [0.1, 0.15) is 0 Å². The van der Waals surface area contributed by atoms with E-state index in [1.807, 2.05) is 60.7 Å². The number of carbonyl (C=O) groups excluding carboxylic acids is 2. The number of methoxy groups -OCH3 is 1. The number of nitrogens with one attached hydrogen (secondary N) is 1. The predicted octanol–water partition coefficient (Wildman–Crippen LogP) is 5.49. The molecule has 0 unspecified atom stereocenters. The molecule has 154 valence electrons. The Kier molecular flexibility index (Phi) is 4.79. The van der Waals surface area contributed by atoms with Crippen LogP contribution in [0.3, 0.4) is 0 Å². The number of carbonyl (C=O) groups is 2. The fourth-order valence-corrected chi connectivity index (χ4v) is 5.28. The van der Waals surface area contributed by atoms with Crippen LogP contribution in [0.4, 0.5) is 5.69 Å². The van der Waals surface area contributed by atoms with Crippen molar-refractivity contribution in [3.8, 4) is 11.5 Å². The summed E-state index contributed by atoms with van der Waals surface area (Å²) in [5.41, 5.74) is 5.03. The lowest BCUT2D eigenvalue weighted by molar-refractivity contribution is -0.132. The second kappa shape index (κ2) is 7.63. The quantitative estimate of drug-likeness (QED) is 0.439. The minimum Gasteiger partial charge on any atom is -0.493 e. The predicted molar refractivity (Wildman–Crippen MR) is 121 cm³/mol. The molecule has 2 aliphatic rings. The average Bonchev–Trinajstić information content (AvgIpc) is 2.94. The summed E-state index contributed by atoms with van der Waals surface area (Å²) in [6.45, 7) is 1.35. The van der Waals surface area contributed by atoms with Crippen molar-refractivity contribution in [1.29, 1.82) is 0 Å². The van der Waals surface area contributed by atoms with E-state index in [1.165, 1.54) is 14.0 Å². The maximum atomic E-state index is 13.5. The monoisotopic (exact) mass is 429 g/mol. The van der Waals surface area contributed by atoms with E-state index >= 15 is 0 Å². The van der Waals surface area contributed by atoms with E-state index in [2.05, 4.69) is 5.32 Å². The third-order valence-electron chi connectivity index (χ3n) is 5.35. The summed E-state index contributed by atoms with van der Waals surface area (Å²) in [4.78, 5) is 26.0. The Balaban J connectivity index is 1.68. The molecule has 6 heteroatoms. The van der Waals surface area contributed by atoms with Gasteiger partial charge in [0.25, 0.3) is 0 Å². The van der Waals surface area contributed by atoms with Crippen LogP contribution < -0.4 is 14.8 Å². The van der Waals surface area contributed by atoms with E-state index in [4.69, 9.17) is 9.47 Å². The zero-order valence-corrected chi connectivity index (χ0v) is 17.8.